The van der Waals surface area contributed by atoms with Crippen molar-refractivity contribution in [3.05, 3.63) is 0 Å². The number of hydrogen-bond acceptors (Lipinski definition) is 2. The number of likely N-dealkylation sites (tertiary alicyclic amines) is 1. The second-order valence-electron chi connectivity index (χ2n) is 4.12. The minimum absolute atomic E-state index is 0.0196. The molecule has 2 atom stereocenters. The van der Waals surface area contributed by atoms with Gasteiger partial charge in [0, 0.05) is 25.4 Å². The first-order valence-corrected chi connectivity index (χ1v) is 5.63. The molecular formula is C10H14ClNO2. The first-order valence-electron chi connectivity index (χ1n) is 5.09. The van der Waals surface area contributed by atoms with Gasteiger partial charge in [-0.15, -0.1) is 11.6 Å². The normalized spacial score (nSPS) is 31.8. The van der Waals surface area contributed by atoms with Crippen LogP contribution in [-0.2, 0) is 9.59 Å². The molecule has 1 saturated carbocycles. The largest absolute Gasteiger partial charge is 0.338 e. The number of nitrogens with zero attached hydrogens (tertiary/aromatic N) is 1. The Kier molecular flexibility index (Phi) is 2.77. The van der Waals surface area contributed by atoms with E-state index in [4.69, 9.17) is 11.6 Å². The number of halogens is 1. The van der Waals surface area contributed by atoms with Gasteiger partial charge >= 0.3 is 0 Å². The van der Waals surface area contributed by atoms with Crippen LogP contribution in [0.5, 0.6) is 0 Å². The molecule has 0 radical (unpaired) electrons. The monoisotopic (exact) mass is 215 g/mol. The second kappa shape index (κ2) is 3.89. The zero-order valence-corrected chi connectivity index (χ0v) is 8.79. The molecule has 1 amide bonds. The highest BCUT2D eigenvalue weighted by molar-refractivity contribution is 6.27. The lowest BCUT2D eigenvalue weighted by Crippen LogP contribution is -2.41. The molecule has 0 bridgehead atoms. The van der Waals surface area contributed by atoms with E-state index in [0.717, 1.165) is 19.4 Å². The molecule has 0 N–H and O–H groups in total. The van der Waals surface area contributed by atoms with E-state index in [1.165, 1.54) is 0 Å². The van der Waals surface area contributed by atoms with Gasteiger partial charge in [0.1, 0.15) is 11.7 Å². The van der Waals surface area contributed by atoms with E-state index >= 15 is 0 Å². The molecule has 2 fully saturated rings. The summed E-state index contributed by atoms with van der Waals surface area (Å²) in [7, 11) is 0. The van der Waals surface area contributed by atoms with Gasteiger partial charge < -0.3 is 4.90 Å². The van der Waals surface area contributed by atoms with Crippen molar-refractivity contribution in [3.63, 3.8) is 0 Å². The molecule has 0 spiro atoms. The van der Waals surface area contributed by atoms with E-state index in [1.807, 2.05) is 0 Å². The van der Waals surface area contributed by atoms with Crippen molar-refractivity contribution in [2.45, 2.75) is 31.7 Å². The second-order valence-corrected chi connectivity index (χ2v) is 4.39. The first-order chi connectivity index (χ1) is 6.72. The lowest BCUT2D eigenvalue weighted by atomic mass is 9.84. The van der Waals surface area contributed by atoms with Gasteiger partial charge in [-0.2, -0.15) is 0 Å². The molecule has 0 aromatic heterocycles. The molecule has 14 heavy (non-hydrogen) atoms. The number of amides is 1. The third-order valence-corrected chi connectivity index (χ3v) is 3.58. The number of hydrogen-bond donors (Lipinski definition) is 0. The number of carbonyl (C=O) groups excluding carboxylic acids is 2. The van der Waals surface area contributed by atoms with Gasteiger partial charge in [-0.3, -0.25) is 9.59 Å². The lowest BCUT2D eigenvalue weighted by Gasteiger charge is -2.30. The molecule has 2 aliphatic rings. The standard InChI is InChI=1S/C10H14ClNO2/c11-6-10(14)12-4-3-7-1-2-8(13)5-9(7)12/h7,9H,1-6H2/t7-,9-/m1/s1. The van der Waals surface area contributed by atoms with Gasteiger partial charge in [0.15, 0.2) is 0 Å². The van der Waals surface area contributed by atoms with Crippen molar-refractivity contribution in [2.24, 2.45) is 5.92 Å². The summed E-state index contributed by atoms with van der Waals surface area (Å²) in [5.74, 6) is 0.853. The lowest BCUT2D eigenvalue weighted by molar-refractivity contribution is -0.131. The van der Waals surface area contributed by atoms with Gasteiger partial charge in [0.2, 0.25) is 5.91 Å². The van der Waals surface area contributed by atoms with Crippen LogP contribution < -0.4 is 0 Å². The molecular weight excluding hydrogens is 202 g/mol. The molecule has 2 rings (SSSR count). The van der Waals surface area contributed by atoms with E-state index in [2.05, 4.69) is 0 Å². The van der Waals surface area contributed by atoms with E-state index in [-0.39, 0.29) is 17.8 Å². The van der Waals surface area contributed by atoms with Gasteiger partial charge in [-0.25, -0.2) is 0 Å². The maximum atomic E-state index is 11.5. The fourth-order valence-electron chi connectivity index (χ4n) is 2.60. The number of Topliss-reactive ketones (excluding diaryl/α,β-unsaturated/α-hetero) is 1. The number of carbonyl (C=O) groups is 2. The van der Waals surface area contributed by atoms with Crippen molar-refractivity contribution in [1.29, 1.82) is 0 Å². The Morgan fingerprint density at radius 2 is 2.29 bits per heavy atom. The van der Waals surface area contributed by atoms with Crippen molar-refractivity contribution in [3.8, 4) is 0 Å². The van der Waals surface area contributed by atoms with Crippen LogP contribution in [0.1, 0.15) is 25.7 Å². The van der Waals surface area contributed by atoms with Crippen LogP contribution in [0.25, 0.3) is 0 Å². The van der Waals surface area contributed by atoms with E-state index < -0.39 is 0 Å². The van der Waals surface area contributed by atoms with Crippen LogP contribution in [0, 0.1) is 5.92 Å². The van der Waals surface area contributed by atoms with Crippen LogP contribution in [-0.4, -0.2) is 35.1 Å². The highest BCUT2D eigenvalue weighted by atomic mass is 35.5. The first kappa shape index (κ1) is 9.97. The smallest absolute Gasteiger partial charge is 0.237 e. The predicted octanol–water partition coefficient (Wildman–Crippen LogP) is 1.20. The highest BCUT2D eigenvalue weighted by Crippen LogP contribution is 2.34. The summed E-state index contributed by atoms with van der Waals surface area (Å²) in [5, 5.41) is 0. The molecule has 4 heteroatoms. The summed E-state index contributed by atoms with van der Waals surface area (Å²) < 4.78 is 0. The quantitative estimate of drug-likeness (QED) is 0.617. The Hall–Kier alpha value is -0.570. The Balaban J connectivity index is 2.08. The van der Waals surface area contributed by atoms with Gasteiger partial charge in [-0.1, -0.05) is 0 Å². The highest BCUT2D eigenvalue weighted by Gasteiger charge is 2.40. The summed E-state index contributed by atoms with van der Waals surface area (Å²) in [6, 6.07) is 0.155. The molecule has 0 aromatic rings. The van der Waals surface area contributed by atoms with Crippen LogP contribution in [0.15, 0.2) is 0 Å². The topological polar surface area (TPSA) is 37.4 Å². The fourth-order valence-corrected chi connectivity index (χ4v) is 2.75. The molecule has 1 heterocycles. The number of ketones is 1. The van der Waals surface area contributed by atoms with Crippen molar-refractivity contribution in [2.75, 3.05) is 12.4 Å². The average molecular weight is 216 g/mol. The van der Waals surface area contributed by atoms with Crippen molar-refractivity contribution in [1.82, 2.24) is 4.90 Å². The minimum Gasteiger partial charge on any atom is -0.338 e. The molecule has 1 aliphatic heterocycles. The van der Waals surface area contributed by atoms with Crippen LogP contribution in [0.4, 0.5) is 0 Å². The minimum atomic E-state index is -0.0196. The van der Waals surface area contributed by atoms with Gasteiger partial charge in [-0.05, 0) is 18.8 Å². The van der Waals surface area contributed by atoms with Crippen molar-refractivity contribution < 1.29 is 9.59 Å². The Labute approximate surface area is 88.4 Å². The van der Waals surface area contributed by atoms with Crippen LogP contribution >= 0.6 is 11.6 Å². The summed E-state index contributed by atoms with van der Waals surface area (Å²) in [5.41, 5.74) is 0. The number of fused-ring (bicyclic) bond motifs is 1. The Bertz CT molecular complexity index is 267. The predicted molar refractivity (Wildman–Crippen MR) is 53.2 cm³/mol. The van der Waals surface area contributed by atoms with Gasteiger partial charge in [0.25, 0.3) is 0 Å². The van der Waals surface area contributed by atoms with Crippen molar-refractivity contribution >= 4 is 23.3 Å². The van der Waals surface area contributed by atoms with Crippen LogP contribution in [0.3, 0.4) is 0 Å². The van der Waals surface area contributed by atoms with Gasteiger partial charge in [0.05, 0.1) is 0 Å². The summed E-state index contributed by atoms with van der Waals surface area (Å²) in [4.78, 5) is 24.5. The molecule has 78 valence electrons. The number of rotatable bonds is 1. The zero-order valence-electron chi connectivity index (χ0n) is 8.04. The Morgan fingerprint density at radius 1 is 1.50 bits per heavy atom. The zero-order chi connectivity index (χ0) is 10.1. The molecule has 1 aliphatic carbocycles. The molecule has 1 saturated heterocycles. The van der Waals surface area contributed by atoms with Crippen LogP contribution in [0.2, 0.25) is 0 Å². The molecule has 0 aromatic carbocycles. The maximum Gasteiger partial charge on any atom is 0.237 e. The summed E-state index contributed by atoms with van der Waals surface area (Å²) in [6.07, 6.45) is 3.24. The van der Waals surface area contributed by atoms with E-state index in [0.29, 0.717) is 24.5 Å². The average Bonchev–Trinajstić information content (AvgIpc) is 2.59. The summed E-state index contributed by atoms with van der Waals surface area (Å²) >= 11 is 5.52. The summed E-state index contributed by atoms with van der Waals surface area (Å²) in [6.45, 7) is 0.786. The molecule has 3 nitrogen and oxygen atoms in total. The maximum absolute atomic E-state index is 11.5. The van der Waals surface area contributed by atoms with E-state index in [1.54, 1.807) is 4.90 Å². The number of alkyl halides is 1. The fraction of sp³-hybridized carbons (Fsp3) is 0.800. The SMILES string of the molecule is O=C1CC[C@@H]2CCN(C(=O)CCl)[C@@H]2C1. The third kappa shape index (κ3) is 1.65. The Morgan fingerprint density at radius 3 is 3.00 bits per heavy atom. The molecule has 0 unspecified atom stereocenters. The third-order valence-electron chi connectivity index (χ3n) is 3.35. The van der Waals surface area contributed by atoms with E-state index in [9.17, 15) is 9.59 Å².